The van der Waals surface area contributed by atoms with Crippen molar-refractivity contribution in [2.24, 2.45) is 0 Å². The zero-order valence-electron chi connectivity index (χ0n) is 18.9. The molecule has 2 atom stereocenters. The lowest BCUT2D eigenvalue weighted by atomic mass is 9.92. The number of ether oxygens (including phenoxy) is 1. The summed E-state index contributed by atoms with van der Waals surface area (Å²) in [5, 5.41) is 3.01. The van der Waals surface area contributed by atoms with E-state index >= 15 is 0 Å². The van der Waals surface area contributed by atoms with E-state index in [1.807, 2.05) is 19.1 Å². The van der Waals surface area contributed by atoms with Crippen LogP contribution in [0.25, 0.3) is 0 Å². The summed E-state index contributed by atoms with van der Waals surface area (Å²) in [5.41, 5.74) is 3.40. The second-order valence-electron chi connectivity index (χ2n) is 8.66. The van der Waals surface area contributed by atoms with E-state index in [0.717, 1.165) is 30.6 Å². The maximum atomic E-state index is 13.1. The Kier molecular flexibility index (Phi) is 7.19. The van der Waals surface area contributed by atoms with Gasteiger partial charge in [-0.3, -0.25) is 9.80 Å². The van der Waals surface area contributed by atoms with Crippen LogP contribution >= 0.6 is 0 Å². The van der Waals surface area contributed by atoms with Gasteiger partial charge in [0, 0.05) is 25.3 Å². The van der Waals surface area contributed by atoms with Crippen molar-refractivity contribution in [2.75, 3.05) is 26.7 Å². The van der Waals surface area contributed by atoms with Crippen molar-refractivity contribution in [2.45, 2.75) is 65.0 Å². The highest BCUT2D eigenvalue weighted by Gasteiger charge is 2.38. The first-order valence-electron chi connectivity index (χ1n) is 11.1. The average molecular weight is 414 g/mol. The van der Waals surface area contributed by atoms with E-state index in [0.29, 0.717) is 30.7 Å². The van der Waals surface area contributed by atoms with Gasteiger partial charge in [-0.05, 0) is 50.3 Å². The number of carbonyl (C=O) groups is 2. The molecule has 0 aliphatic carbocycles. The van der Waals surface area contributed by atoms with Gasteiger partial charge in [0.2, 0.25) is 0 Å². The number of likely N-dealkylation sites (tertiary alicyclic amines) is 1. The molecule has 30 heavy (non-hydrogen) atoms. The minimum atomic E-state index is -0.510. The summed E-state index contributed by atoms with van der Waals surface area (Å²) < 4.78 is 5.43. The van der Waals surface area contributed by atoms with Gasteiger partial charge in [0.05, 0.1) is 18.2 Å². The predicted molar refractivity (Wildman–Crippen MR) is 118 cm³/mol. The highest BCUT2D eigenvalue weighted by Crippen LogP contribution is 2.33. The Bertz CT molecular complexity index is 800. The van der Waals surface area contributed by atoms with Gasteiger partial charge in [0.15, 0.2) is 0 Å². The lowest BCUT2D eigenvalue weighted by Crippen LogP contribution is -2.50. The van der Waals surface area contributed by atoms with Crippen molar-refractivity contribution in [1.29, 1.82) is 0 Å². The van der Waals surface area contributed by atoms with Crippen LogP contribution < -0.4 is 5.32 Å². The van der Waals surface area contributed by atoms with Crippen LogP contribution in [0, 0.1) is 0 Å². The van der Waals surface area contributed by atoms with Gasteiger partial charge in [0.25, 0.3) is 0 Å². The summed E-state index contributed by atoms with van der Waals surface area (Å²) >= 11 is 0. The quantitative estimate of drug-likeness (QED) is 0.710. The average Bonchev–Trinajstić information content (AvgIpc) is 2.72. The molecule has 2 aliphatic rings. The smallest absolute Gasteiger partial charge is 0.338 e. The molecule has 1 N–H and O–H groups in total. The Morgan fingerprint density at radius 1 is 1.23 bits per heavy atom. The predicted octanol–water partition coefficient (Wildman–Crippen LogP) is 4.20. The van der Waals surface area contributed by atoms with E-state index in [1.165, 1.54) is 12.0 Å². The highest BCUT2D eigenvalue weighted by molar-refractivity contribution is 5.95. The Morgan fingerprint density at radius 3 is 2.53 bits per heavy atom. The summed E-state index contributed by atoms with van der Waals surface area (Å²) in [7, 11) is 1.73. The van der Waals surface area contributed by atoms with Crippen LogP contribution in [0.5, 0.6) is 0 Å². The van der Waals surface area contributed by atoms with Crippen molar-refractivity contribution >= 4 is 12.0 Å². The summed E-state index contributed by atoms with van der Waals surface area (Å²) in [6.45, 7) is 10.2. The molecule has 0 radical (unpaired) electrons. The first-order chi connectivity index (χ1) is 14.3. The van der Waals surface area contributed by atoms with Crippen molar-refractivity contribution in [3.8, 4) is 0 Å². The number of piperidine rings is 1. The number of esters is 1. The molecule has 6 heteroatoms. The third-order valence-electron chi connectivity index (χ3n) is 6.30. The molecule has 0 aromatic heterocycles. The second kappa shape index (κ2) is 9.65. The van der Waals surface area contributed by atoms with E-state index in [9.17, 15) is 9.59 Å². The summed E-state index contributed by atoms with van der Waals surface area (Å²) in [6, 6.07) is 7.87. The van der Waals surface area contributed by atoms with E-state index in [1.54, 1.807) is 11.9 Å². The standard InChI is InChI=1S/C24H35N3O3/c1-6-30-23(28)21-20(15-27-14-8-7-9-17(27)4)26(5)24(29)25-22(21)19-12-10-18(11-13-19)16(2)3/h10-13,16-17,22H,6-9,14-15H2,1-5H3,(H,25,29)/t17-,22-/m1/s1. The van der Waals surface area contributed by atoms with E-state index < -0.39 is 6.04 Å². The van der Waals surface area contributed by atoms with Gasteiger partial charge < -0.3 is 10.1 Å². The Labute approximate surface area is 180 Å². The number of likely N-dealkylation sites (N-methyl/N-ethyl adjacent to an activating group) is 1. The lowest BCUT2D eigenvalue weighted by molar-refractivity contribution is -0.139. The summed E-state index contributed by atoms with van der Waals surface area (Å²) in [5.74, 6) is 0.0595. The van der Waals surface area contributed by atoms with E-state index in [2.05, 4.69) is 43.1 Å². The van der Waals surface area contributed by atoms with E-state index in [-0.39, 0.29) is 12.0 Å². The fraction of sp³-hybridized carbons (Fsp3) is 0.583. The Hall–Kier alpha value is -2.34. The molecule has 0 unspecified atom stereocenters. The summed E-state index contributed by atoms with van der Waals surface area (Å²) in [6.07, 6.45) is 3.50. The number of benzene rings is 1. The van der Waals surface area contributed by atoms with Gasteiger partial charge >= 0.3 is 12.0 Å². The molecule has 1 aromatic rings. The molecule has 1 fully saturated rings. The molecule has 0 spiro atoms. The Morgan fingerprint density at radius 2 is 1.93 bits per heavy atom. The van der Waals surface area contributed by atoms with Crippen LogP contribution in [0.4, 0.5) is 4.79 Å². The second-order valence-corrected chi connectivity index (χ2v) is 8.66. The fourth-order valence-corrected chi connectivity index (χ4v) is 4.31. The molecular weight excluding hydrogens is 378 g/mol. The molecule has 6 nitrogen and oxygen atoms in total. The minimum Gasteiger partial charge on any atom is -0.463 e. The number of urea groups is 1. The number of carbonyl (C=O) groups excluding carboxylic acids is 2. The highest BCUT2D eigenvalue weighted by atomic mass is 16.5. The van der Waals surface area contributed by atoms with Crippen LogP contribution in [-0.4, -0.2) is 54.6 Å². The third kappa shape index (κ3) is 4.69. The van der Waals surface area contributed by atoms with Crippen LogP contribution in [0.1, 0.15) is 70.0 Å². The van der Waals surface area contributed by atoms with Crippen molar-refractivity contribution in [1.82, 2.24) is 15.1 Å². The number of amides is 2. The number of hydrogen-bond acceptors (Lipinski definition) is 4. The zero-order chi connectivity index (χ0) is 21.8. The third-order valence-corrected chi connectivity index (χ3v) is 6.30. The minimum absolute atomic E-state index is 0.194. The number of rotatable bonds is 6. The SMILES string of the molecule is CCOC(=O)C1=C(CN2CCCC[C@H]2C)N(C)C(=O)N[C@@H]1c1ccc(C(C)C)cc1. The number of nitrogens with one attached hydrogen (secondary N) is 1. The molecule has 2 aliphatic heterocycles. The first kappa shape index (κ1) is 22.3. The molecular formula is C24H35N3O3. The lowest BCUT2D eigenvalue weighted by Gasteiger charge is -2.39. The van der Waals surface area contributed by atoms with Crippen molar-refractivity contribution < 1.29 is 14.3 Å². The van der Waals surface area contributed by atoms with Crippen LogP contribution in [0.15, 0.2) is 35.5 Å². The van der Waals surface area contributed by atoms with Gasteiger partial charge in [-0.25, -0.2) is 9.59 Å². The molecule has 0 saturated carbocycles. The van der Waals surface area contributed by atoms with Gasteiger partial charge in [-0.1, -0.05) is 44.5 Å². The van der Waals surface area contributed by atoms with Gasteiger partial charge in [-0.2, -0.15) is 0 Å². The normalized spacial score (nSPS) is 23.0. The maximum Gasteiger partial charge on any atom is 0.338 e. The molecule has 3 rings (SSSR count). The fourth-order valence-electron chi connectivity index (χ4n) is 4.31. The topological polar surface area (TPSA) is 61.9 Å². The van der Waals surface area contributed by atoms with Crippen LogP contribution in [0.2, 0.25) is 0 Å². The van der Waals surface area contributed by atoms with Crippen LogP contribution in [-0.2, 0) is 9.53 Å². The molecule has 2 amide bonds. The first-order valence-corrected chi connectivity index (χ1v) is 11.1. The van der Waals surface area contributed by atoms with Crippen molar-refractivity contribution in [3.63, 3.8) is 0 Å². The number of nitrogens with zero attached hydrogens (tertiary/aromatic N) is 2. The molecule has 164 valence electrons. The largest absolute Gasteiger partial charge is 0.463 e. The Balaban J connectivity index is 2.04. The maximum absolute atomic E-state index is 13.1. The molecule has 0 bridgehead atoms. The monoisotopic (exact) mass is 413 g/mol. The molecule has 1 aromatic carbocycles. The number of hydrogen-bond donors (Lipinski definition) is 1. The van der Waals surface area contributed by atoms with Gasteiger partial charge in [-0.15, -0.1) is 0 Å². The molecule has 1 saturated heterocycles. The van der Waals surface area contributed by atoms with Gasteiger partial charge in [0.1, 0.15) is 0 Å². The zero-order valence-corrected chi connectivity index (χ0v) is 18.9. The van der Waals surface area contributed by atoms with E-state index in [4.69, 9.17) is 4.74 Å². The summed E-state index contributed by atoms with van der Waals surface area (Å²) in [4.78, 5) is 29.8. The molecule has 2 heterocycles. The van der Waals surface area contributed by atoms with Crippen molar-refractivity contribution in [3.05, 3.63) is 46.7 Å². The van der Waals surface area contributed by atoms with Crippen LogP contribution in [0.3, 0.4) is 0 Å².